The fraction of sp³-hybridized carbons (Fsp3) is 0.310. The molecule has 1 saturated heterocycles. The van der Waals surface area contributed by atoms with Crippen molar-refractivity contribution < 1.29 is 33.6 Å². The molecule has 0 unspecified atom stereocenters. The van der Waals surface area contributed by atoms with Crippen molar-refractivity contribution in [3.63, 3.8) is 0 Å². The minimum absolute atomic E-state index is 0.0950. The van der Waals surface area contributed by atoms with Crippen LogP contribution >= 0.6 is 11.6 Å². The topological polar surface area (TPSA) is 115 Å². The summed E-state index contributed by atoms with van der Waals surface area (Å²) in [6, 6.07) is 17.8. The van der Waals surface area contributed by atoms with Crippen molar-refractivity contribution in [2.24, 2.45) is 0 Å². The number of halogens is 1. The summed E-state index contributed by atoms with van der Waals surface area (Å²) in [5.74, 6) is 1.31. The van der Waals surface area contributed by atoms with E-state index in [-0.39, 0.29) is 43.7 Å². The number of hydrogen-bond donors (Lipinski definition) is 3. The van der Waals surface area contributed by atoms with E-state index in [4.69, 9.17) is 30.5 Å². The minimum Gasteiger partial charge on any atom is -0.487 e. The number of amides is 2. The lowest BCUT2D eigenvalue weighted by Gasteiger charge is -2.37. The number of anilines is 1. The molecule has 3 heterocycles. The van der Waals surface area contributed by atoms with Gasteiger partial charge in [0, 0.05) is 34.3 Å². The maximum Gasteiger partial charge on any atom is 0.255 e. The van der Waals surface area contributed by atoms with E-state index in [9.17, 15) is 14.7 Å². The number of hydrogen-bond acceptors (Lipinski definition) is 7. The van der Waals surface area contributed by atoms with Gasteiger partial charge in [0.05, 0.1) is 19.1 Å². The molecule has 39 heavy (non-hydrogen) atoms. The number of ether oxygens (including phenoxy) is 4. The zero-order chi connectivity index (χ0) is 26.9. The monoisotopic (exact) mass is 550 g/mol. The molecule has 10 heteroatoms. The van der Waals surface area contributed by atoms with Crippen molar-refractivity contribution in [3.8, 4) is 17.2 Å². The molecule has 1 fully saturated rings. The predicted octanol–water partition coefficient (Wildman–Crippen LogP) is 4.02. The third-order valence-electron chi connectivity index (χ3n) is 7.21. The molecule has 0 radical (unpaired) electrons. The molecule has 0 bridgehead atoms. The number of aliphatic hydroxyl groups excluding tert-OH is 1. The zero-order valence-corrected chi connectivity index (χ0v) is 21.6. The Hall–Kier alpha value is -3.79. The van der Waals surface area contributed by atoms with E-state index in [1.165, 1.54) is 0 Å². The van der Waals surface area contributed by atoms with Gasteiger partial charge in [0.1, 0.15) is 18.0 Å². The predicted molar refractivity (Wildman–Crippen MR) is 142 cm³/mol. The maximum absolute atomic E-state index is 12.9. The molecule has 3 aliphatic heterocycles. The Kier molecular flexibility index (Phi) is 7.03. The van der Waals surface area contributed by atoms with Gasteiger partial charge in [-0.1, -0.05) is 23.7 Å². The molecule has 3 N–H and O–H groups in total. The van der Waals surface area contributed by atoms with Crippen LogP contribution in [0.5, 0.6) is 17.2 Å². The second kappa shape index (κ2) is 10.8. The standard InChI is InChI=1S/C29H27ClN2O7/c30-18-4-1-16(2-5-18)13-31-27(34)12-20-11-22-21-10-19(6-8-23(21)39-28(22)26(14-33)38-20)32-29(35)17-3-7-24-25(9-17)37-15-36-24/h1-10,20,22,26,28,33H,11-15H2,(H,31,34)(H,32,35)/t20-,22+,26-,28-/m1/s1. The lowest BCUT2D eigenvalue weighted by atomic mass is 9.84. The van der Waals surface area contributed by atoms with Crippen LogP contribution in [-0.4, -0.2) is 48.6 Å². The van der Waals surface area contributed by atoms with E-state index in [1.807, 2.05) is 24.3 Å². The highest BCUT2D eigenvalue weighted by Gasteiger charge is 2.46. The highest BCUT2D eigenvalue weighted by atomic mass is 35.5. The molecular formula is C29H27ClN2O7. The lowest BCUT2D eigenvalue weighted by molar-refractivity contribution is -0.142. The van der Waals surface area contributed by atoms with Crippen molar-refractivity contribution in [2.45, 2.75) is 43.6 Å². The Bertz CT molecular complexity index is 1400. The van der Waals surface area contributed by atoms with Gasteiger partial charge in [-0.05, 0) is 60.5 Å². The molecule has 0 spiro atoms. The van der Waals surface area contributed by atoms with E-state index >= 15 is 0 Å². The Morgan fingerprint density at radius 3 is 2.59 bits per heavy atom. The number of aliphatic hydroxyl groups is 1. The summed E-state index contributed by atoms with van der Waals surface area (Å²) in [7, 11) is 0. The molecule has 3 aromatic rings. The second-order valence-corrected chi connectivity index (χ2v) is 10.2. The molecule has 2 amide bonds. The molecule has 202 valence electrons. The van der Waals surface area contributed by atoms with E-state index in [0.29, 0.717) is 46.5 Å². The largest absolute Gasteiger partial charge is 0.487 e. The van der Waals surface area contributed by atoms with Gasteiger partial charge in [0.2, 0.25) is 12.7 Å². The average Bonchev–Trinajstić information content (AvgIpc) is 3.56. The molecule has 4 atom stereocenters. The maximum atomic E-state index is 12.9. The van der Waals surface area contributed by atoms with Crippen LogP contribution in [0.15, 0.2) is 60.7 Å². The van der Waals surface area contributed by atoms with Crippen LogP contribution in [0.4, 0.5) is 5.69 Å². The third-order valence-corrected chi connectivity index (χ3v) is 7.46. The first-order valence-electron chi connectivity index (χ1n) is 12.8. The summed E-state index contributed by atoms with van der Waals surface area (Å²) in [4.78, 5) is 25.6. The van der Waals surface area contributed by atoms with Crippen molar-refractivity contribution >= 4 is 29.1 Å². The smallest absolute Gasteiger partial charge is 0.255 e. The Morgan fingerprint density at radius 2 is 1.77 bits per heavy atom. The first-order chi connectivity index (χ1) is 19.0. The quantitative estimate of drug-likeness (QED) is 0.407. The van der Waals surface area contributed by atoms with Crippen LogP contribution in [0.3, 0.4) is 0 Å². The fourth-order valence-corrected chi connectivity index (χ4v) is 5.42. The lowest BCUT2D eigenvalue weighted by Crippen LogP contribution is -2.47. The highest BCUT2D eigenvalue weighted by Crippen LogP contribution is 2.47. The van der Waals surface area contributed by atoms with Crippen molar-refractivity contribution in [1.82, 2.24) is 5.32 Å². The van der Waals surface area contributed by atoms with Gasteiger partial charge in [-0.3, -0.25) is 9.59 Å². The van der Waals surface area contributed by atoms with Crippen LogP contribution in [0, 0.1) is 0 Å². The van der Waals surface area contributed by atoms with Crippen molar-refractivity contribution in [1.29, 1.82) is 0 Å². The van der Waals surface area contributed by atoms with Gasteiger partial charge in [0.25, 0.3) is 5.91 Å². The summed E-state index contributed by atoms with van der Waals surface area (Å²) in [6.07, 6.45) is -0.643. The molecule has 0 aromatic heterocycles. The summed E-state index contributed by atoms with van der Waals surface area (Å²) >= 11 is 5.93. The third kappa shape index (κ3) is 5.38. The number of carbonyl (C=O) groups excluding carboxylic acids is 2. The van der Waals surface area contributed by atoms with Crippen LogP contribution in [0.2, 0.25) is 5.02 Å². The number of benzene rings is 3. The van der Waals surface area contributed by atoms with Gasteiger partial charge < -0.3 is 34.7 Å². The molecular weight excluding hydrogens is 524 g/mol. The minimum atomic E-state index is -0.572. The summed E-state index contributed by atoms with van der Waals surface area (Å²) in [5.41, 5.74) is 2.92. The van der Waals surface area contributed by atoms with Gasteiger partial charge >= 0.3 is 0 Å². The first kappa shape index (κ1) is 25.5. The number of carbonyl (C=O) groups is 2. The van der Waals surface area contributed by atoms with Crippen LogP contribution in [0.1, 0.15) is 40.2 Å². The van der Waals surface area contributed by atoms with E-state index < -0.39 is 12.2 Å². The average molecular weight is 551 g/mol. The van der Waals surface area contributed by atoms with Gasteiger partial charge in [-0.2, -0.15) is 0 Å². The number of nitrogens with one attached hydrogen (secondary N) is 2. The van der Waals surface area contributed by atoms with Crippen LogP contribution < -0.4 is 24.8 Å². The van der Waals surface area contributed by atoms with Crippen molar-refractivity contribution in [3.05, 3.63) is 82.4 Å². The molecule has 0 aliphatic carbocycles. The second-order valence-electron chi connectivity index (χ2n) is 9.79. The highest BCUT2D eigenvalue weighted by molar-refractivity contribution is 6.30. The van der Waals surface area contributed by atoms with E-state index in [0.717, 1.165) is 11.1 Å². The summed E-state index contributed by atoms with van der Waals surface area (Å²) < 4.78 is 22.9. The Morgan fingerprint density at radius 1 is 0.974 bits per heavy atom. The van der Waals surface area contributed by atoms with Gasteiger partial charge in [-0.25, -0.2) is 0 Å². The molecule has 3 aliphatic rings. The molecule has 6 rings (SSSR count). The van der Waals surface area contributed by atoms with Gasteiger partial charge in [-0.15, -0.1) is 0 Å². The number of fused-ring (bicyclic) bond motifs is 4. The first-order valence-corrected chi connectivity index (χ1v) is 13.1. The van der Waals surface area contributed by atoms with E-state index in [1.54, 1.807) is 36.4 Å². The SMILES string of the molecule is O=C(C[C@H]1C[C@H]2c3cc(NC(=O)c4ccc5c(c4)OCO5)ccc3O[C@H]2[C@@H](CO)O1)NCc1ccc(Cl)cc1. The normalized spacial score (nSPS) is 22.4. The van der Waals surface area contributed by atoms with Crippen LogP contribution in [-0.2, 0) is 16.1 Å². The fourth-order valence-electron chi connectivity index (χ4n) is 5.29. The molecule has 9 nitrogen and oxygen atoms in total. The van der Waals surface area contributed by atoms with Gasteiger partial charge in [0.15, 0.2) is 11.5 Å². The van der Waals surface area contributed by atoms with Crippen LogP contribution in [0.25, 0.3) is 0 Å². The van der Waals surface area contributed by atoms with Crippen molar-refractivity contribution in [2.75, 3.05) is 18.7 Å². The summed E-state index contributed by atoms with van der Waals surface area (Å²) in [6.45, 7) is 0.291. The molecule has 3 aromatic carbocycles. The van der Waals surface area contributed by atoms with E-state index in [2.05, 4.69) is 10.6 Å². The Labute approximate surface area is 230 Å². The zero-order valence-electron chi connectivity index (χ0n) is 20.9. The number of rotatable bonds is 7. The Balaban J connectivity index is 1.12. The molecule has 0 saturated carbocycles. The summed E-state index contributed by atoms with van der Waals surface area (Å²) in [5, 5.41) is 16.5.